The van der Waals surface area contributed by atoms with Gasteiger partial charge in [-0.2, -0.15) is 5.10 Å². The maximum absolute atomic E-state index is 12.4. The lowest BCUT2D eigenvalue weighted by Crippen LogP contribution is -2.12. The van der Waals surface area contributed by atoms with Gasteiger partial charge >= 0.3 is 5.97 Å². The summed E-state index contributed by atoms with van der Waals surface area (Å²) in [4.78, 5) is 24.0. The van der Waals surface area contributed by atoms with Gasteiger partial charge in [0.05, 0.1) is 17.9 Å². The van der Waals surface area contributed by atoms with Gasteiger partial charge in [0.1, 0.15) is 5.69 Å². The Labute approximate surface area is 151 Å². The van der Waals surface area contributed by atoms with Gasteiger partial charge in [0, 0.05) is 11.3 Å². The third kappa shape index (κ3) is 3.97. The van der Waals surface area contributed by atoms with Crippen molar-refractivity contribution in [2.45, 2.75) is 13.8 Å². The number of ether oxygens (including phenoxy) is 1. The topological polar surface area (TPSA) is 84.1 Å². The van der Waals surface area contributed by atoms with Gasteiger partial charge in [0.15, 0.2) is 0 Å². The lowest BCUT2D eigenvalue weighted by atomic mass is 10.1. The van der Waals surface area contributed by atoms with Gasteiger partial charge in [-0.15, -0.1) is 0 Å². The second kappa shape index (κ2) is 7.65. The van der Waals surface area contributed by atoms with Crippen LogP contribution in [0.25, 0.3) is 11.3 Å². The maximum Gasteiger partial charge on any atom is 0.338 e. The van der Waals surface area contributed by atoms with E-state index in [0.717, 1.165) is 11.1 Å². The number of nitrogens with zero attached hydrogens (tertiary/aromatic N) is 1. The predicted octanol–water partition coefficient (Wildman–Crippen LogP) is 3.81. The molecule has 0 bridgehead atoms. The lowest BCUT2D eigenvalue weighted by Gasteiger charge is -2.05. The molecule has 3 aromatic rings. The van der Waals surface area contributed by atoms with Gasteiger partial charge in [0.2, 0.25) is 0 Å². The van der Waals surface area contributed by atoms with Crippen LogP contribution >= 0.6 is 0 Å². The first-order valence-corrected chi connectivity index (χ1v) is 8.28. The average molecular weight is 349 g/mol. The normalized spacial score (nSPS) is 10.4. The van der Waals surface area contributed by atoms with Crippen molar-refractivity contribution in [1.29, 1.82) is 0 Å². The van der Waals surface area contributed by atoms with E-state index in [0.29, 0.717) is 29.2 Å². The summed E-state index contributed by atoms with van der Waals surface area (Å²) >= 11 is 0. The zero-order valence-electron chi connectivity index (χ0n) is 14.6. The molecule has 26 heavy (non-hydrogen) atoms. The van der Waals surface area contributed by atoms with E-state index in [-0.39, 0.29) is 11.9 Å². The standard InChI is InChI=1S/C20H19N3O3/c1-3-26-20(25)15-8-10-16(11-9-15)21-19(24)18-12-17(22-23-18)14-6-4-13(2)5-7-14/h4-12H,3H2,1-2H3,(H,21,24)(H,22,23). The number of aryl methyl sites for hydroxylation is 1. The fourth-order valence-corrected chi connectivity index (χ4v) is 2.41. The number of anilines is 1. The Balaban J connectivity index is 1.68. The number of benzene rings is 2. The third-order valence-electron chi connectivity index (χ3n) is 3.82. The van der Waals surface area contributed by atoms with E-state index in [1.165, 1.54) is 0 Å². The van der Waals surface area contributed by atoms with Gasteiger partial charge in [-0.05, 0) is 44.2 Å². The molecule has 0 aliphatic heterocycles. The van der Waals surface area contributed by atoms with Crippen LogP contribution in [0.15, 0.2) is 54.6 Å². The van der Waals surface area contributed by atoms with Gasteiger partial charge in [-0.1, -0.05) is 29.8 Å². The van der Waals surface area contributed by atoms with E-state index in [9.17, 15) is 9.59 Å². The number of hydrogen-bond acceptors (Lipinski definition) is 4. The number of nitrogens with one attached hydrogen (secondary N) is 2. The van der Waals surface area contributed by atoms with Crippen molar-refractivity contribution in [2.24, 2.45) is 0 Å². The number of rotatable bonds is 5. The smallest absolute Gasteiger partial charge is 0.338 e. The predicted molar refractivity (Wildman–Crippen MR) is 99.1 cm³/mol. The molecular weight excluding hydrogens is 330 g/mol. The number of amides is 1. The van der Waals surface area contributed by atoms with Crippen LogP contribution in [0.4, 0.5) is 5.69 Å². The highest BCUT2D eigenvalue weighted by atomic mass is 16.5. The van der Waals surface area contributed by atoms with Crippen molar-refractivity contribution in [3.8, 4) is 11.3 Å². The third-order valence-corrected chi connectivity index (χ3v) is 3.82. The van der Waals surface area contributed by atoms with Crippen LogP contribution in [0, 0.1) is 6.92 Å². The summed E-state index contributed by atoms with van der Waals surface area (Å²) in [6, 6.07) is 16.1. The van der Waals surface area contributed by atoms with Crippen molar-refractivity contribution >= 4 is 17.6 Å². The second-order valence-corrected chi connectivity index (χ2v) is 5.78. The Hall–Kier alpha value is -3.41. The summed E-state index contributed by atoms with van der Waals surface area (Å²) in [7, 11) is 0. The number of carbonyl (C=O) groups excluding carboxylic acids is 2. The minimum atomic E-state index is -0.387. The molecule has 132 valence electrons. The van der Waals surface area contributed by atoms with Gasteiger partial charge < -0.3 is 10.1 Å². The van der Waals surface area contributed by atoms with Crippen LogP contribution in [-0.2, 0) is 4.74 Å². The van der Waals surface area contributed by atoms with Gasteiger partial charge in [0.25, 0.3) is 5.91 Å². The quantitative estimate of drug-likeness (QED) is 0.686. The maximum atomic E-state index is 12.4. The monoisotopic (exact) mass is 349 g/mol. The van der Waals surface area contributed by atoms with Crippen LogP contribution in [0.3, 0.4) is 0 Å². The molecular formula is C20H19N3O3. The number of hydrogen-bond donors (Lipinski definition) is 2. The summed E-state index contributed by atoms with van der Waals surface area (Å²) in [5, 5.41) is 9.71. The Morgan fingerprint density at radius 3 is 2.42 bits per heavy atom. The highest BCUT2D eigenvalue weighted by molar-refractivity contribution is 6.03. The number of aromatic amines is 1. The molecule has 1 heterocycles. The van der Waals surface area contributed by atoms with Crippen molar-refractivity contribution in [2.75, 3.05) is 11.9 Å². The van der Waals surface area contributed by atoms with E-state index < -0.39 is 0 Å². The number of carbonyl (C=O) groups is 2. The Morgan fingerprint density at radius 2 is 1.77 bits per heavy atom. The van der Waals surface area contributed by atoms with Crippen LogP contribution < -0.4 is 5.32 Å². The van der Waals surface area contributed by atoms with E-state index in [1.807, 2.05) is 31.2 Å². The Bertz CT molecular complexity index is 912. The summed E-state index contributed by atoms with van der Waals surface area (Å²) in [6.07, 6.45) is 0. The molecule has 2 aromatic carbocycles. The molecule has 0 fully saturated rings. The van der Waals surface area contributed by atoms with Crippen LogP contribution in [-0.4, -0.2) is 28.7 Å². The molecule has 0 aliphatic rings. The molecule has 6 nitrogen and oxygen atoms in total. The SMILES string of the molecule is CCOC(=O)c1ccc(NC(=O)c2cc(-c3ccc(C)cc3)n[nH]2)cc1. The fourth-order valence-electron chi connectivity index (χ4n) is 2.41. The molecule has 0 atom stereocenters. The molecule has 0 aliphatic carbocycles. The minimum Gasteiger partial charge on any atom is -0.462 e. The number of esters is 1. The minimum absolute atomic E-state index is 0.306. The molecule has 6 heteroatoms. The molecule has 0 saturated carbocycles. The van der Waals surface area contributed by atoms with Crippen LogP contribution in [0.2, 0.25) is 0 Å². The summed E-state index contributed by atoms with van der Waals surface area (Å²) in [6.45, 7) is 4.09. The molecule has 3 rings (SSSR count). The Morgan fingerprint density at radius 1 is 1.08 bits per heavy atom. The molecule has 1 aromatic heterocycles. The summed E-state index contributed by atoms with van der Waals surface area (Å²) in [5.41, 5.74) is 4.17. The van der Waals surface area contributed by atoms with Crippen molar-refractivity contribution in [3.63, 3.8) is 0 Å². The van der Waals surface area contributed by atoms with Gasteiger partial charge in [-0.3, -0.25) is 9.89 Å². The molecule has 0 saturated heterocycles. The number of H-pyrrole nitrogens is 1. The molecule has 1 amide bonds. The molecule has 0 spiro atoms. The van der Waals surface area contributed by atoms with Crippen molar-refractivity contribution in [1.82, 2.24) is 10.2 Å². The molecule has 0 unspecified atom stereocenters. The first-order valence-electron chi connectivity index (χ1n) is 8.28. The highest BCUT2D eigenvalue weighted by Crippen LogP contribution is 2.19. The first-order chi connectivity index (χ1) is 12.6. The zero-order valence-corrected chi connectivity index (χ0v) is 14.6. The lowest BCUT2D eigenvalue weighted by molar-refractivity contribution is 0.0526. The highest BCUT2D eigenvalue weighted by Gasteiger charge is 2.12. The molecule has 2 N–H and O–H groups in total. The van der Waals surface area contributed by atoms with Crippen molar-refractivity contribution in [3.05, 3.63) is 71.4 Å². The van der Waals surface area contributed by atoms with Gasteiger partial charge in [-0.25, -0.2) is 4.79 Å². The summed E-state index contributed by atoms with van der Waals surface area (Å²) in [5.74, 6) is -0.693. The largest absolute Gasteiger partial charge is 0.462 e. The Kier molecular flexibility index (Phi) is 5.12. The molecule has 0 radical (unpaired) electrons. The zero-order chi connectivity index (χ0) is 18.5. The van der Waals surface area contributed by atoms with E-state index in [2.05, 4.69) is 15.5 Å². The fraction of sp³-hybridized carbons (Fsp3) is 0.150. The van der Waals surface area contributed by atoms with E-state index in [4.69, 9.17) is 4.74 Å². The van der Waals surface area contributed by atoms with Crippen LogP contribution in [0.5, 0.6) is 0 Å². The first kappa shape index (κ1) is 17.4. The number of aromatic nitrogens is 2. The van der Waals surface area contributed by atoms with E-state index in [1.54, 1.807) is 37.3 Å². The average Bonchev–Trinajstić information content (AvgIpc) is 3.13. The second-order valence-electron chi connectivity index (χ2n) is 5.78. The van der Waals surface area contributed by atoms with Crippen molar-refractivity contribution < 1.29 is 14.3 Å². The summed E-state index contributed by atoms with van der Waals surface area (Å²) < 4.78 is 4.93. The van der Waals surface area contributed by atoms with E-state index >= 15 is 0 Å². The van der Waals surface area contributed by atoms with Crippen LogP contribution in [0.1, 0.15) is 33.3 Å².